The molecule has 0 saturated heterocycles. The van der Waals surface area contributed by atoms with Crippen LogP contribution in [0.25, 0.3) is 16.9 Å². The summed E-state index contributed by atoms with van der Waals surface area (Å²) in [6.07, 6.45) is 1.97. The highest BCUT2D eigenvalue weighted by atomic mass is 35.5. The quantitative estimate of drug-likeness (QED) is 0.614. The van der Waals surface area contributed by atoms with Gasteiger partial charge in [0.25, 0.3) is 0 Å². The zero-order chi connectivity index (χ0) is 18.5. The SMILES string of the molecule is COCCN(C)Cc1cn(-c2ccc(F)cc2)nc1-c1ccccc1Cl. The predicted molar refractivity (Wildman–Crippen MR) is 102 cm³/mol. The Morgan fingerprint density at radius 2 is 1.88 bits per heavy atom. The van der Waals surface area contributed by atoms with Crippen LogP contribution in [-0.4, -0.2) is 42.0 Å². The van der Waals surface area contributed by atoms with E-state index in [1.165, 1.54) is 12.1 Å². The molecule has 0 bridgehead atoms. The van der Waals surface area contributed by atoms with Crippen molar-refractivity contribution in [3.05, 3.63) is 71.1 Å². The molecule has 0 unspecified atom stereocenters. The van der Waals surface area contributed by atoms with Gasteiger partial charge >= 0.3 is 0 Å². The van der Waals surface area contributed by atoms with Gasteiger partial charge in [0.05, 0.1) is 23.0 Å². The van der Waals surface area contributed by atoms with Gasteiger partial charge in [0.2, 0.25) is 0 Å². The second-order valence-electron chi connectivity index (χ2n) is 6.13. The summed E-state index contributed by atoms with van der Waals surface area (Å²) >= 11 is 6.39. The Hall–Kier alpha value is -2.21. The third kappa shape index (κ3) is 4.30. The Morgan fingerprint density at radius 1 is 1.15 bits per heavy atom. The van der Waals surface area contributed by atoms with Crippen molar-refractivity contribution in [2.45, 2.75) is 6.54 Å². The van der Waals surface area contributed by atoms with Crippen molar-refractivity contribution < 1.29 is 9.13 Å². The van der Waals surface area contributed by atoms with Crippen molar-refractivity contribution in [3.8, 4) is 16.9 Å². The molecule has 2 aromatic carbocycles. The lowest BCUT2D eigenvalue weighted by atomic mass is 10.1. The molecule has 4 nitrogen and oxygen atoms in total. The number of halogens is 2. The fourth-order valence-electron chi connectivity index (χ4n) is 2.75. The van der Waals surface area contributed by atoms with E-state index in [0.29, 0.717) is 18.2 Å². The number of ether oxygens (including phenoxy) is 1. The highest BCUT2D eigenvalue weighted by Gasteiger charge is 2.16. The topological polar surface area (TPSA) is 30.3 Å². The number of hydrogen-bond acceptors (Lipinski definition) is 3. The zero-order valence-electron chi connectivity index (χ0n) is 14.8. The molecule has 0 amide bonds. The molecule has 0 aliphatic rings. The Kier molecular flexibility index (Phi) is 6.04. The highest BCUT2D eigenvalue weighted by molar-refractivity contribution is 6.33. The molecule has 0 fully saturated rings. The van der Waals surface area contributed by atoms with Crippen molar-refractivity contribution in [2.75, 3.05) is 27.3 Å². The van der Waals surface area contributed by atoms with Crippen molar-refractivity contribution >= 4 is 11.6 Å². The number of hydrogen-bond donors (Lipinski definition) is 0. The number of rotatable bonds is 7. The summed E-state index contributed by atoms with van der Waals surface area (Å²) in [6, 6.07) is 13.9. The van der Waals surface area contributed by atoms with Crippen LogP contribution in [0.5, 0.6) is 0 Å². The molecule has 0 spiro atoms. The smallest absolute Gasteiger partial charge is 0.123 e. The van der Waals surface area contributed by atoms with Gasteiger partial charge in [-0.3, -0.25) is 4.90 Å². The number of likely N-dealkylation sites (N-methyl/N-ethyl adjacent to an activating group) is 1. The zero-order valence-corrected chi connectivity index (χ0v) is 15.6. The number of methoxy groups -OCH3 is 1. The minimum absolute atomic E-state index is 0.272. The van der Waals surface area contributed by atoms with Crippen LogP contribution < -0.4 is 0 Å². The van der Waals surface area contributed by atoms with E-state index in [-0.39, 0.29) is 5.82 Å². The van der Waals surface area contributed by atoms with Gasteiger partial charge in [0.1, 0.15) is 5.82 Å². The molecule has 3 rings (SSSR count). The van der Waals surface area contributed by atoms with Crippen LogP contribution >= 0.6 is 11.6 Å². The van der Waals surface area contributed by atoms with Crippen molar-refractivity contribution in [1.29, 1.82) is 0 Å². The maximum Gasteiger partial charge on any atom is 0.123 e. The second kappa shape index (κ2) is 8.45. The lowest BCUT2D eigenvalue weighted by Crippen LogP contribution is -2.22. The largest absolute Gasteiger partial charge is 0.383 e. The third-order valence-electron chi connectivity index (χ3n) is 4.13. The van der Waals surface area contributed by atoms with Crippen LogP contribution in [0.15, 0.2) is 54.7 Å². The van der Waals surface area contributed by atoms with Gasteiger partial charge < -0.3 is 4.74 Å². The maximum absolute atomic E-state index is 13.2. The molecule has 0 saturated carbocycles. The van der Waals surface area contributed by atoms with Crippen molar-refractivity contribution in [3.63, 3.8) is 0 Å². The number of aromatic nitrogens is 2. The Bertz CT molecular complexity index is 864. The lowest BCUT2D eigenvalue weighted by Gasteiger charge is -2.16. The monoisotopic (exact) mass is 373 g/mol. The lowest BCUT2D eigenvalue weighted by molar-refractivity contribution is 0.158. The molecule has 0 aliphatic carbocycles. The second-order valence-corrected chi connectivity index (χ2v) is 6.54. The summed E-state index contributed by atoms with van der Waals surface area (Å²) in [7, 11) is 3.72. The van der Waals surface area contributed by atoms with E-state index >= 15 is 0 Å². The number of nitrogens with zero attached hydrogens (tertiary/aromatic N) is 3. The van der Waals surface area contributed by atoms with E-state index in [1.807, 2.05) is 37.5 Å². The molecule has 6 heteroatoms. The van der Waals surface area contributed by atoms with Gasteiger partial charge in [-0.05, 0) is 37.4 Å². The summed E-state index contributed by atoms with van der Waals surface area (Å²) in [4.78, 5) is 2.16. The minimum atomic E-state index is -0.272. The molecule has 1 aromatic heterocycles. The van der Waals surface area contributed by atoms with E-state index in [9.17, 15) is 4.39 Å². The van der Waals surface area contributed by atoms with Crippen LogP contribution in [-0.2, 0) is 11.3 Å². The molecule has 0 radical (unpaired) electrons. The summed E-state index contributed by atoms with van der Waals surface area (Å²) in [5.41, 5.74) is 3.54. The molecule has 0 aliphatic heterocycles. The third-order valence-corrected chi connectivity index (χ3v) is 4.46. The van der Waals surface area contributed by atoms with E-state index in [1.54, 1.807) is 23.9 Å². The van der Waals surface area contributed by atoms with Crippen LogP contribution in [0, 0.1) is 5.82 Å². The van der Waals surface area contributed by atoms with E-state index in [4.69, 9.17) is 21.4 Å². The molecular weight excluding hydrogens is 353 g/mol. The average Bonchev–Trinajstić information content (AvgIpc) is 3.04. The Balaban J connectivity index is 2.00. The molecule has 26 heavy (non-hydrogen) atoms. The van der Waals surface area contributed by atoms with Gasteiger partial charge in [-0.25, -0.2) is 9.07 Å². The van der Waals surface area contributed by atoms with Gasteiger partial charge in [0.15, 0.2) is 0 Å². The first-order chi connectivity index (χ1) is 12.6. The van der Waals surface area contributed by atoms with Crippen LogP contribution in [0.3, 0.4) is 0 Å². The van der Waals surface area contributed by atoms with E-state index < -0.39 is 0 Å². The van der Waals surface area contributed by atoms with E-state index in [0.717, 1.165) is 29.1 Å². The Morgan fingerprint density at radius 3 is 2.58 bits per heavy atom. The van der Waals surface area contributed by atoms with Gasteiger partial charge in [-0.15, -0.1) is 0 Å². The van der Waals surface area contributed by atoms with Crippen LogP contribution in [0.2, 0.25) is 5.02 Å². The predicted octanol–water partition coefficient (Wildman–Crippen LogP) is 4.41. The summed E-state index contributed by atoms with van der Waals surface area (Å²) in [5, 5.41) is 5.38. The summed E-state index contributed by atoms with van der Waals surface area (Å²) < 4.78 is 20.1. The van der Waals surface area contributed by atoms with Gasteiger partial charge in [0, 0.05) is 37.5 Å². The van der Waals surface area contributed by atoms with Gasteiger partial charge in [-0.2, -0.15) is 5.10 Å². The van der Waals surface area contributed by atoms with Crippen molar-refractivity contribution in [2.24, 2.45) is 0 Å². The van der Waals surface area contributed by atoms with Crippen LogP contribution in [0.1, 0.15) is 5.56 Å². The minimum Gasteiger partial charge on any atom is -0.383 e. The molecule has 1 heterocycles. The standard InChI is InChI=1S/C20H21ClFN3O/c1-24(11-12-26-2)13-15-14-25(17-9-7-16(22)8-10-17)23-20(15)18-5-3-4-6-19(18)21/h3-10,14H,11-13H2,1-2H3. The van der Waals surface area contributed by atoms with Crippen molar-refractivity contribution in [1.82, 2.24) is 14.7 Å². The molecule has 3 aromatic rings. The first kappa shape index (κ1) is 18.6. The first-order valence-corrected chi connectivity index (χ1v) is 8.73. The molecular formula is C20H21ClFN3O. The highest BCUT2D eigenvalue weighted by Crippen LogP contribution is 2.30. The summed E-state index contributed by atoms with van der Waals surface area (Å²) in [5.74, 6) is -0.272. The first-order valence-electron chi connectivity index (χ1n) is 8.35. The van der Waals surface area contributed by atoms with E-state index in [2.05, 4.69) is 4.90 Å². The Labute approximate surface area is 157 Å². The number of benzene rings is 2. The molecule has 0 N–H and O–H groups in total. The van der Waals surface area contributed by atoms with Gasteiger partial charge in [-0.1, -0.05) is 29.8 Å². The normalized spacial score (nSPS) is 11.3. The molecule has 0 atom stereocenters. The molecule has 136 valence electrons. The maximum atomic E-state index is 13.2. The fraction of sp³-hybridized carbons (Fsp3) is 0.250. The van der Waals surface area contributed by atoms with Crippen LogP contribution in [0.4, 0.5) is 4.39 Å². The summed E-state index contributed by atoms with van der Waals surface area (Å²) in [6.45, 7) is 2.16. The fourth-order valence-corrected chi connectivity index (χ4v) is 2.97. The average molecular weight is 374 g/mol.